The Morgan fingerprint density at radius 1 is 1.12 bits per heavy atom. The van der Waals surface area contributed by atoms with E-state index < -0.39 is 5.82 Å². The summed E-state index contributed by atoms with van der Waals surface area (Å²) < 4.78 is 17.6. The first kappa shape index (κ1) is 22.2. The van der Waals surface area contributed by atoms with E-state index >= 15 is 0 Å². The van der Waals surface area contributed by atoms with Crippen molar-refractivity contribution in [1.29, 1.82) is 0 Å². The molecule has 7 nitrogen and oxygen atoms in total. The van der Waals surface area contributed by atoms with Crippen LogP contribution in [-0.4, -0.2) is 38.4 Å². The highest BCUT2D eigenvalue weighted by atomic mass is 35.5. The van der Waals surface area contributed by atoms with Crippen molar-refractivity contribution in [3.8, 4) is 33.7 Å². The van der Waals surface area contributed by atoms with Crippen LogP contribution in [0.15, 0.2) is 66.0 Å². The first-order valence-electron chi connectivity index (χ1n) is 10.8. The number of rotatable bonds is 4. The average molecular weight is 480 g/mol. The van der Waals surface area contributed by atoms with Crippen molar-refractivity contribution < 1.29 is 9.50 Å². The van der Waals surface area contributed by atoms with Crippen molar-refractivity contribution in [3.63, 3.8) is 0 Å². The third-order valence-corrected chi connectivity index (χ3v) is 6.47. The lowest BCUT2D eigenvalue weighted by Gasteiger charge is -2.19. The molecule has 0 radical (unpaired) electrons. The average Bonchev–Trinajstić information content (AvgIpc) is 3.40. The summed E-state index contributed by atoms with van der Waals surface area (Å²) >= 11 is 6.48. The van der Waals surface area contributed by atoms with Gasteiger partial charge in [0.05, 0.1) is 22.6 Å². The molecule has 0 amide bonds. The van der Waals surface area contributed by atoms with Crippen molar-refractivity contribution >= 4 is 17.3 Å². The topological polar surface area (TPSA) is 89.3 Å². The molecular weight excluding hydrogens is 457 g/mol. The van der Waals surface area contributed by atoms with E-state index in [0.717, 1.165) is 25.2 Å². The quantitative estimate of drug-likeness (QED) is 0.463. The molecule has 1 fully saturated rings. The minimum atomic E-state index is -0.504. The normalized spacial score (nSPS) is 15.8. The third kappa shape index (κ3) is 3.95. The fourth-order valence-electron chi connectivity index (χ4n) is 4.33. The zero-order valence-electron chi connectivity index (χ0n) is 18.4. The van der Waals surface area contributed by atoms with Gasteiger partial charge >= 0.3 is 5.69 Å². The highest BCUT2D eigenvalue weighted by molar-refractivity contribution is 6.32. The molecule has 3 heterocycles. The van der Waals surface area contributed by atoms with Crippen LogP contribution in [-0.2, 0) is 7.05 Å². The number of nitrogens with zero attached hydrogens (tertiary/aromatic N) is 4. The van der Waals surface area contributed by atoms with Gasteiger partial charge in [0.15, 0.2) is 0 Å². The molecule has 174 valence electrons. The molecular formula is C25H23ClFN5O2. The van der Waals surface area contributed by atoms with Gasteiger partial charge in [-0.3, -0.25) is 9.55 Å². The number of aryl methyl sites for hydroxylation is 1. The number of aromatic hydroxyl groups is 1. The maximum atomic E-state index is 14.7. The first-order chi connectivity index (χ1) is 16.3. The molecule has 1 aliphatic heterocycles. The third-order valence-electron chi connectivity index (χ3n) is 6.16. The van der Waals surface area contributed by atoms with Gasteiger partial charge in [0.2, 0.25) is 0 Å². The largest absolute Gasteiger partial charge is 0.507 e. The van der Waals surface area contributed by atoms with Crippen LogP contribution in [0.3, 0.4) is 0 Å². The Labute approximate surface area is 200 Å². The number of phenolic OH excluding ortho intramolecular Hbond substituents is 1. The van der Waals surface area contributed by atoms with Crippen molar-refractivity contribution in [2.24, 2.45) is 12.8 Å². The molecule has 1 atom stereocenters. The van der Waals surface area contributed by atoms with Gasteiger partial charge in [0.1, 0.15) is 11.6 Å². The molecule has 4 aromatic rings. The summed E-state index contributed by atoms with van der Waals surface area (Å²) in [7, 11) is 1.65. The molecule has 2 aromatic carbocycles. The van der Waals surface area contributed by atoms with Crippen molar-refractivity contribution in [3.05, 3.63) is 82.5 Å². The minimum Gasteiger partial charge on any atom is -0.507 e. The Morgan fingerprint density at radius 2 is 1.88 bits per heavy atom. The van der Waals surface area contributed by atoms with Crippen LogP contribution in [0.2, 0.25) is 5.02 Å². The van der Waals surface area contributed by atoms with Crippen LogP contribution in [0.4, 0.5) is 10.1 Å². The van der Waals surface area contributed by atoms with Crippen LogP contribution in [0.5, 0.6) is 5.75 Å². The minimum absolute atomic E-state index is 0.0841. The molecule has 1 saturated heterocycles. The summed E-state index contributed by atoms with van der Waals surface area (Å²) in [5, 5.41) is 11.4. The molecule has 5 rings (SSSR count). The maximum Gasteiger partial charge on any atom is 0.332 e. The van der Waals surface area contributed by atoms with Crippen LogP contribution in [0, 0.1) is 5.82 Å². The molecule has 0 bridgehead atoms. The van der Waals surface area contributed by atoms with Gasteiger partial charge in [0, 0.05) is 61.5 Å². The number of imidazole rings is 1. The van der Waals surface area contributed by atoms with Gasteiger partial charge < -0.3 is 20.3 Å². The monoisotopic (exact) mass is 479 g/mol. The molecule has 0 spiro atoms. The van der Waals surface area contributed by atoms with E-state index in [0.29, 0.717) is 27.4 Å². The molecule has 0 saturated carbocycles. The SMILES string of the molecule is Cn1ccn(-c2ccc(-c3cc(F)cc(-c4cncc(N5CC[C@H](N)C5)c4)c3O)cc2Cl)c1=O. The highest BCUT2D eigenvalue weighted by Crippen LogP contribution is 2.41. The number of benzene rings is 2. The number of anilines is 1. The zero-order chi connectivity index (χ0) is 24.0. The fourth-order valence-corrected chi connectivity index (χ4v) is 4.60. The Kier molecular flexibility index (Phi) is 5.63. The lowest BCUT2D eigenvalue weighted by Crippen LogP contribution is -2.26. The van der Waals surface area contributed by atoms with Crippen LogP contribution < -0.4 is 16.3 Å². The van der Waals surface area contributed by atoms with Gasteiger partial charge in [-0.15, -0.1) is 0 Å². The molecule has 3 N–H and O–H groups in total. The molecule has 34 heavy (non-hydrogen) atoms. The predicted octanol–water partition coefficient (Wildman–Crippen LogP) is 3.94. The van der Waals surface area contributed by atoms with Crippen molar-refractivity contribution in [2.45, 2.75) is 12.5 Å². The summed E-state index contributed by atoms with van der Waals surface area (Å²) in [5.74, 6) is -0.588. The lowest BCUT2D eigenvalue weighted by atomic mass is 9.97. The second kappa shape index (κ2) is 8.62. The number of phenols is 1. The zero-order valence-corrected chi connectivity index (χ0v) is 19.2. The van der Waals surface area contributed by atoms with E-state index in [4.69, 9.17) is 17.3 Å². The second-order valence-corrected chi connectivity index (χ2v) is 8.91. The first-order valence-corrected chi connectivity index (χ1v) is 11.2. The molecule has 0 unspecified atom stereocenters. The van der Waals surface area contributed by atoms with Crippen LogP contribution in [0.1, 0.15) is 6.42 Å². The number of pyridine rings is 1. The fraction of sp³-hybridized carbons (Fsp3) is 0.200. The van der Waals surface area contributed by atoms with E-state index in [1.54, 1.807) is 50.0 Å². The van der Waals surface area contributed by atoms with E-state index in [1.165, 1.54) is 21.3 Å². The number of halogens is 2. The van der Waals surface area contributed by atoms with E-state index in [2.05, 4.69) is 9.88 Å². The second-order valence-electron chi connectivity index (χ2n) is 8.50. The Hall–Kier alpha value is -3.62. The van der Waals surface area contributed by atoms with E-state index in [-0.39, 0.29) is 23.0 Å². The van der Waals surface area contributed by atoms with Crippen LogP contribution in [0.25, 0.3) is 27.9 Å². The predicted molar refractivity (Wildman–Crippen MR) is 131 cm³/mol. The van der Waals surface area contributed by atoms with Gasteiger partial charge in [-0.2, -0.15) is 0 Å². The van der Waals surface area contributed by atoms with Crippen molar-refractivity contribution in [1.82, 2.24) is 14.1 Å². The molecule has 9 heteroatoms. The van der Waals surface area contributed by atoms with Gasteiger partial charge in [0.25, 0.3) is 0 Å². The van der Waals surface area contributed by atoms with Gasteiger partial charge in [-0.25, -0.2) is 9.18 Å². The van der Waals surface area contributed by atoms with Gasteiger partial charge in [-0.05, 0) is 42.3 Å². The van der Waals surface area contributed by atoms with Crippen LogP contribution >= 0.6 is 11.6 Å². The summed E-state index contributed by atoms with van der Waals surface area (Å²) in [4.78, 5) is 18.7. The number of aromatic nitrogens is 3. The summed E-state index contributed by atoms with van der Waals surface area (Å²) in [5.41, 5.74) is 8.88. The number of hydrogen-bond donors (Lipinski definition) is 2. The Bertz CT molecular complexity index is 1450. The summed E-state index contributed by atoms with van der Waals surface area (Å²) in [6.07, 6.45) is 7.48. The van der Waals surface area contributed by atoms with E-state index in [9.17, 15) is 14.3 Å². The molecule has 1 aliphatic rings. The molecule has 0 aliphatic carbocycles. The Morgan fingerprint density at radius 3 is 2.53 bits per heavy atom. The molecule has 2 aromatic heterocycles. The maximum absolute atomic E-state index is 14.7. The smallest absolute Gasteiger partial charge is 0.332 e. The Balaban J connectivity index is 1.55. The number of nitrogens with two attached hydrogens (primary N) is 1. The summed E-state index contributed by atoms with van der Waals surface area (Å²) in [6, 6.07) is 9.50. The number of hydrogen-bond acceptors (Lipinski definition) is 5. The van der Waals surface area contributed by atoms with Crippen molar-refractivity contribution in [2.75, 3.05) is 18.0 Å². The highest BCUT2D eigenvalue weighted by Gasteiger charge is 2.21. The van der Waals surface area contributed by atoms with Gasteiger partial charge in [-0.1, -0.05) is 17.7 Å². The standard InChI is InChI=1S/C25H23ClFN5O2/c1-30-6-7-32(25(30)34)23-3-2-15(9-22(23)26)20-10-17(27)11-21(24(20)33)16-8-19(13-29-12-16)31-5-4-18(28)14-31/h2-3,6-13,18,33H,4-5,14,28H2,1H3/t18-/m0/s1. The summed E-state index contributed by atoms with van der Waals surface area (Å²) in [6.45, 7) is 1.54. The van der Waals surface area contributed by atoms with E-state index in [1.807, 2.05) is 6.07 Å². The lowest BCUT2D eigenvalue weighted by molar-refractivity contribution is 0.477.